The highest BCUT2D eigenvalue weighted by Gasteiger charge is 2.37. The van der Waals surface area contributed by atoms with Gasteiger partial charge in [-0.15, -0.1) is 0 Å². The number of aryl methyl sites for hydroxylation is 1. The predicted molar refractivity (Wildman–Crippen MR) is 135 cm³/mol. The van der Waals surface area contributed by atoms with E-state index in [0.29, 0.717) is 38.7 Å². The largest absolute Gasteiger partial charge is 0.488 e. The Labute approximate surface area is 210 Å². The van der Waals surface area contributed by atoms with Crippen molar-refractivity contribution in [2.45, 2.75) is 20.5 Å². The van der Waals surface area contributed by atoms with Crippen LogP contribution in [0.1, 0.15) is 22.3 Å². The first-order valence-electron chi connectivity index (χ1n) is 10.4. The van der Waals surface area contributed by atoms with Crippen LogP contribution in [-0.2, 0) is 16.2 Å². The number of halogens is 2. The number of rotatable bonds is 5. The zero-order chi connectivity index (χ0) is 24.4. The maximum Gasteiger partial charge on any atom is 0.335 e. The molecular formula is C26H20BrClN2O4. The third kappa shape index (κ3) is 4.90. The molecule has 0 spiro atoms. The summed E-state index contributed by atoms with van der Waals surface area (Å²) >= 11 is 9.65. The van der Waals surface area contributed by atoms with Gasteiger partial charge in [-0.25, -0.2) is 9.69 Å². The highest BCUT2D eigenvalue weighted by atomic mass is 79.9. The molecule has 4 amide bonds. The number of barbiturate groups is 1. The molecule has 0 unspecified atom stereocenters. The molecule has 0 aromatic heterocycles. The molecule has 3 aromatic rings. The van der Waals surface area contributed by atoms with Gasteiger partial charge in [0.25, 0.3) is 11.8 Å². The van der Waals surface area contributed by atoms with E-state index in [0.717, 1.165) is 16.0 Å². The number of carbonyl (C=O) groups is 3. The van der Waals surface area contributed by atoms with E-state index in [9.17, 15) is 14.4 Å². The minimum Gasteiger partial charge on any atom is -0.488 e. The fourth-order valence-electron chi connectivity index (χ4n) is 3.57. The summed E-state index contributed by atoms with van der Waals surface area (Å²) in [7, 11) is 0. The molecule has 3 aromatic carbocycles. The second-order valence-corrected chi connectivity index (χ2v) is 9.07. The Morgan fingerprint density at radius 2 is 1.79 bits per heavy atom. The third-order valence-electron chi connectivity index (χ3n) is 5.33. The topological polar surface area (TPSA) is 75.7 Å². The fourth-order valence-corrected chi connectivity index (χ4v) is 4.25. The van der Waals surface area contributed by atoms with E-state index in [1.165, 1.54) is 6.08 Å². The number of hydrogen-bond acceptors (Lipinski definition) is 4. The zero-order valence-electron chi connectivity index (χ0n) is 18.4. The van der Waals surface area contributed by atoms with Gasteiger partial charge in [-0.2, -0.15) is 0 Å². The Morgan fingerprint density at radius 1 is 1.03 bits per heavy atom. The number of nitrogens with zero attached hydrogens (tertiary/aromatic N) is 1. The molecule has 4 rings (SSSR count). The van der Waals surface area contributed by atoms with Crippen LogP contribution in [0.5, 0.6) is 5.75 Å². The summed E-state index contributed by atoms with van der Waals surface area (Å²) < 4.78 is 6.56. The van der Waals surface area contributed by atoms with Crippen LogP contribution in [0.2, 0.25) is 5.02 Å². The number of hydrogen-bond donors (Lipinski definition) is 1. The molecular weight excluding hydrogens is 520 g/mol. The van der Waals surface area contributed by atoms with Crippen molar-refractivity contribution in [3.05, 3.63) is 98.0 Å². The van der Waals surface area contributed by atoms with Crippen molar-refractivity contribution in [1.82, 2.24) is 5.32 Å². The van der Waals surface area contributed by atoms with E-state index in [2.05, 4.69) is 27.3 Å². The average Bonchev–Trinajstić information content (AvgIpc) is 2.79. The number of carbonyl (C=O) groups excluding carboxylic acids is 3. The summed E-state index contributed by atoms with van der Waals surface area (Å²) in [5, 5.41) is 2.63. The molecule has 1 fully saturated rings. The van der Waals surface area contributed by atoms with Crippen LogP contribution in [0.3, 0.4) is 0 Å². The molecule has 1 saturated heterocycles. The van der Waals surface area contributed by atoms with E-state index >= 15 is 0 Å². The normalized spacial score (nSPS) is 15.0. The summed E-state index contributed by atoms with van der Waals surface area (Å²) in [6.45, 7) is 4.12. The minimum atomic E-state index is -0.821. The Morgan fingerprint density at radius 3 is 2.53 bits per heavy atom. The van der Waals surface area contributed by atoms with Crippen LogP contribution >= 0.6 is 27.5 Å². The molecule has 0 radical (unpaired) electrons. The Balaban J connectivity index is 1.59. The van der Waals surface area contributed by atoms with Gasteiger partial charge in [0.1, 0.15) is 17.9 Å². The van der Waals surface area contributed by atoms with E-state index in [1.54, 1.807) is 43.3 Å². The highest BCUT2D eigenvalue weighted by Crippen LogP contribution is 2.31. The number of anilines is 1. The molecule has 34 heavy (non-hydrogen) atoms. The molecule has 1 heterocycles. The number of nitrogens with one attached hydrogen (secondary N) is 1. The molecule has 8 heteroatoms. The standard InChI is InChI=1S/C26H20BrClN2O4/c1-15-5-3-6-18(11-15)14-34-23-10-9-17(13-20(23)27)12-19-24(31)29-26(33)30(25(19)32)22-8-4-7-21(28)16(22)2/h3-13H,14H2,1-2H3,(H,29,31,33)/b19-12+. The van der Waals surface area contributed by atoms with Crippen LogP contribution in [0.4, 0.5) is 10.5 Å². The smallest absolute Gasteiger partial charge is 0.335 e. The van der Waals surface area contributed by atoms with Gasteiger partial charge in [0, 0.05) is 5.02 Å². The fraction of sp³-hybridized carbons (Fsp3) is 0.115. The predicted octanol–water partition coefficient (Wildman–Crippen LogP) is 5.96. The third-order valence-corrected chi connectivity index (χ3v) is 6.35. The maximum atomic E-state index is 13.1. The first-order valence-corrected chi connectivity index (χ1v) is 11.6. The summed E-state index contributed by atoms with van der Waals surface area (Å²) in [5.41, 5.74) is 3.49. The molecule has 172 valence electrons. The number of ether oxygens (including phenoxy) is 1. The summed E-state index contributed by atoms with van der Waals surface area (Å²) in [5.74, 6) is -0.869. The average molecular weight is 540 g/mol. The van der Waals surface area contributed by atoms with Crippen LogP contribution in [0, 0.1) is 13.8 Å². The van der Waals surface area contributed by atoms with E-state index in [-0.39, 0.29) is 5.57 Å². The van der Waals surface area contributed by atoms with Gasteiger partial charge in [-0.05, 0) is 76.8 Å². The van der Waals surface area contributed by atoms with Crippen LogP contribution < -0.4 is 15.0 Å². The van der Waals surface area contributed by atoms with Crippen molar-refractivity contribution in [3.8, 4) is 5.75 Å². The van der Waals surface area contributed by atoms with Crippen molar-refractivity contribution in [2.75, 3.05) is 4.90 Å². The van der Waals surface area contributed by atoms with Crippen molar-refractivity contribution in [1.29, 1.82) is 0 Å². The summed E-state index contributed by atoms with van der Waals surface area (Å²) in [4.78, 5) is 39.0. The van der Waals surface area contributed by atoms with Crippen molar-refractivity contribution >= 4 is 57.1 Å². The second kappa shape index (κ2) is 9.83. The lowest BCUT2D eigenvalue weighted by atomic mass is 10.1. The maximum absolute atomic E-state index is 13.1. The SMILES string of the molecule is Cc1cccc(COc2ccc(/C=C3\C(=O)NC(=O)N(c4cccc(Cl)c4C)C3=O)cc2Br)c1. The first-order chi connectivity index (χ1) is 16.2. The number of imide groups is 2. The lowest BCUT2D eigenvalue weighted by molar-refractivity contribution is -0.122. The van der Waals surface area contributed by atoms with Crippen LogP contribution in [0.25, 0.3) is 6.08 Å². The van der Waals surface area contributed by atoms with Crippen molar-refractivity contribution in [3.63, 3.8) is 0 Å². The van der Waals surface area contributed by atoms with Gasteiger partial charge in [-0.3, -0.25) is 14.9 Å². The monoisotopic (exact) mass is 538 g/mol. The molecule has 1 aliphatic heterocycles. The highest BCUT2D eigenvalue weighted by molar-refractivity contribution is 9.10. The zero-order valence-corrected chi connectivity index (χ0v) is 20.7. The molecule has 6 nitrogen and oxygen atoms in total. The van der Waals surface area contributed by atoms with Gasteiger partial charge in [0.05, 0.1) is 10.2 Å². The second-order valence-electron chi connectivity index (χ2n) is 7.81. The van der Waals surface area contributed by atoms with Crippen LogP contribution in [0.15, 0.2) is 70.7 Å². The van der Waals surface area contributed by atoms with E-state index in [1.807, 2.05) is 25.1 Å². The first kappa shape index (κ1) is 23.7. The van der Waals surface area contributed by atoms with Crippen molar-refractivity contribution < 1.29 is 19.1 Å². The number of benzene rings is 3. The summed E-state index contributed by atoms with van der Waals surface area (Å²) in [6.07, 6.45) is 1.44. The van der Waals surface area contributed by atoms with E-state index < -0.39 is 17.8 Å². The Bertz CT molecular complexity index is 1350. The van der Waals surface area contributed by atoms with Crippen LogP contribution in [-0.4, -0.2) is 17.8 Å². The Hall–Kier alpha value is -3.42. The van der Waals surface area contributed by atoms with Gasteiger partial charge in [-0.1, -0.05) is 53.6 Å². The lowest BCUT2D eigenvalue weighted by Gasteiger charge is -2.27. The molecule has 0 aliphatic carbocycles. The quantitative estimate of drug-likeness (QED) is 0.320. The molecule has 0 atom stereocenters. The minimum absolute atomic E-state index is 0.167. The molecule has 1 aliphatic rings. The van der Waals surface area contributed by atoms with Gasteiger partial charge in [0.15, 0.2) is 0 Å². The number of urea groups is 1. The Kier molecular flexibility index (Phi) is 6.86. The van der Waals surface area contributed by atoms with E-state index in [4.69, 9.17) is 16.3 Å². The summed E-state index contributed by atoms with van der Waals surface area (Å²) in [6, 6.07) is 17.3. The molecule has 0 saturated carbocycles. The van der Waals surface area contributed by atoms with Gasteiger partial charge in [0.2, 0.25) is 0 Å². The number of amides is 4. The molecule has 0 bridgehead atoms. The lowest BCUT2D eigenvalue weighted by Crippen LogP contribution is -2.54. The van der Waals surface area contributed by atoms with Gasteiger partial charge >= 0.3 is 6.03 Å². The van der Waals surface area contributed by atoms with Crippen molar-refractivity contribution in [2.24, 2.45) is 0 Å². The molecule has 1 N–H and O–H groups in total. The van der Waals surface area contributed by atoms with Gasteiger partial charge < -0.3 is 4.74 Å².